The average molecular weight is 281 g/mol. The maximum atomic E-state index is 5.82. The van der Waals surface area contributed by atoms with E-state index in [4.69, 9.17) is 9.47 Å². The van der Waals surface area contributed by atoms with Crippen molar-refractivity contribution in [1.82, 2.24) is 14.5 Å². The zero-order valence-electron chi connectivity index (χ0n) is 13.4. The third-order valence-corrected chi connectivity index (χ3v) is 4.08. The molecule has 1 aliphatic heterocycles. The second-order valence-corrected chi connectivity index (χ2v) is 6.22. The molecule has 0 spiro atoms. The van der Waals surface area contributed by atoms with Gasteiger partial charge in [0.2, 0.25) is 6.41 Å². The van der Waals surface area contributed by atoms with Crippen LogP contribution in [0, 0.1) is 11.8 Å². The first-order valence-electron chi connectivity index (χ1n) is 7.36. The lowest BCUT2D eigenvalue weighted by atomic mass is 9.96. The highest BCUT2D eigenvalue weighted by Gasteiger charge is 2.43. The van der Waals surface area contributed by atoms with E-state index < -0.39 is 0 Å². The van der Waals surface area contributed by atoms with Gasteiger partial charge < -0.3 is 14.0 Å². The van der Waals surface area contributed by atoms with E-state index in [0.717, 1.165) is 5.82 Å². The first kappa shape index (κ1) is 15.5. The second kappa shape index (κ2) is 6.24. The highest BCUT2D eigenvalue weighted by molar-refractivity contribution is 5.03. The third kappa shape index (κ3) is 2.75. The van der Waals surface area contributed by atoms with Gasteiger partial charge in [-0.1, -0.05) is 27.7 Å². The molecule has 2 unspecified atom stereocenters. The molecule has 0 N–H and O–H groups in total. The molecule has 0 amide bonds. The molecule has 2 heterocycles. The maximum Gasteiger partial charge on any atom is 0.219 e. The summed E-state index contributed by atoms with van der Waals surface area (Å²) in [4.78, 5) is 6.90. The van der Waals surface area contributed by atoms with Gasteiger partial charge in [-0.05, 0) is 11.8 Å². The van der Waals surface area contributed by atoms with Crippen LogP contribution in [0.15, 0.2) is 12.4 Å². The van der Waals surface area contributed by atoms with E-state index in [1.54, 1.807) is 7.11 Å². The summed E-state index contributed by atoms with van der Waals surface area (Å²) in [5.41, 5.74) is 0. The highest BCUT2D eigenvalue weighted by Crippen LogP contribution is 2.36. The fourth-order valence-electron chi connectivity index (χ4n) is 3.01. The molecule has 0 saturated carbocycles. The number of nitrogens with zero attached hydrogens (tertiary/aromatic N) is 3. The van der Waals surface area contributed by atoms with Crippen LogP contribution in [0.1, 0.15) is 39.6 Å². The lowest BCUT2D eigenvalue weighted by molar-refractivity contribution is -0.178. The molecular weight excluding hydrogens is 254 g/mol. The van der Waals surface area contributed by atoms with Crippen molar-refractivity contribution in [2.24, 2.45) is 18.9 Å². The molecule has 3 atom stereocenters. The monoisotopic (exact) mass is 281 g/mol. The van der Waals surface area contributed by atoms with Crippen LogP contribution in [-0.2, 0) is 16.5 Å². The number of aryl methyl sites for hydroxylation is 1. The second-order valence-electron chi connectivity index (χ2n) is 6.22. The molecule has 1 aliphatic rings. The van der Waals surface area contributed by atoms with Crippen molar-refractivity contribution in [3.05, 3.63) is 18.2 Å². The summed E-state index contributed by atoms with van der Waals surface area (Å²) >= 11 is 0. The molecule has 1 aromatic rings. The van der Waals surface area contributed by atoms with Gasteiger partial charge in [0.1, 0.15) is 5.82 Å². The molecule has 1 saturated heterocycles. The van der Waals surface area contributed by atoms with E-state index in [-0.39, 0.29) is 12.5 Å². The lowest BCUT2D eigenvalue weighted by Gasteiger charge is -2.38. The molecule has 2 rings (SSSR count). The van der Waals surface area contributed by atoms with Crippen molar-refractivity contribution < 1.29 is 9.47 Å². The fraction of sp³-hybridized carbons (Fsp3) is 0.800. The van der Waals surface area contributed by atoms with Gasteiger partial charge in [0, 0.05) is 32.6 Å². The quantitative estimate of drug-likeness (QED) is 0.831. The van der Waals surface area contributed by atoms with Gasteiger partial charge in [0.25, 0.3) is 0 Å². The minimum absolute atomic E-state index is 0.190. The van der Waals surface area contributed by atoms with Crippen molar-refractivity contribution in [2.45, 2.75) is 46.2 Å². The van der Waals surface area contributed by atoms with Gasteiger partial charge in [0.05, 0.1) is 12.6 Å². The van der Waals surface area contributed by atoms with Crippen LogP contribution >= 0.6 is 0 Å². The van der Waals surface area contributed by atoms with Crippen LogP contribution in [0.4, 0.5) is 0 Å². The number of rotatable bonds is 5. The van der Waals surface area contributed by atoms with Crippen molar-refractivity contribution in [2.75, 3.05) is 13.7 Å². The molecule has 5 nitrogen and oxygen atoms in total. The number of hydrogen-bond donors (Lipinski definition) is 0. The van der Waals surface area contributed by atoms with Crippen LogP contribution in [0.5, 0.6) is 0 Å². The average Bonchev–Trinajstić information content (AvgIpc) is 2.97. The van der Waals surface area contributed by atoms with Gasteiger partial charge in [-0.3, -0.25) is 0 Å². The summed E-state index contributed by atoms with van der Waals surface area (Å²) < 4.78 is 13.5. The topological polar surface area (TPSA) is 39.5 Å². The molecule has 0 aliphatic carbocycles. The van der Waals surface area contributed by atoms with Gasteiger partial charge >= 0.3 is 0 Å². The standard InChI is InChI=1S/C15H27N3O2/c1-10(2)12-9-20-15(19-6)18(12)13(11(3)4)14-16-7-8-17(14)5/h7-8,10-13,15H,9H2,1-6H3/t12?,13?,15-/m1/s1. The summed E-state index contributed by atoms with van der Waals surface area (Å²) in [7, 11) is 3.75. The summed E-state index contributed by atoms with van der Waals surface area (Å²) in [6, 6.07) is 0.541. The fourth-order valence-corrected chi connectivity index (χ4v) is 3.01. The van der Waals surface area contributed by atoms with Crippen LogP contribution in [0.25, 0.3) is 0 Å². The smallest absolute Gasteiger partial charge is 0.219 e. The van der Waals surface area contributed by atoms with E-state index in [2.05, 4.69) is 42.1 Å². The Morgan fingerprint density at radius 2 is 2.05 bits per heavy atom. The largest absolute Gasteiger partial charge is 0.343 e. The van der Waals surface area contributed by atoms with Crippen molar-refractivity contribution in [3.63, 3.8) is 0 Å². The lowest BCUT2D eigenvalue weighted by Crippen LogP contribution is -2.45. The summed E-state index contributed by atoms with van der Waals surface area (Å²) in [6.45, 7) is 9.62. The van der Waals surface area contributed by atoms with Crippen LogP contribution in [-0.4, -0.2) is 40.6 Å². The van der Waals surface area contributed by atoms with Gasteiger partial charge in [0.15, 0.2) is 0 Å². The van der Waals surface area contributed by atoms with Gasteiger partial charge in [-0.15, -0.1) is 0 Å². The third-order valence-electron chi connectivity index (χ3n) is 4.08. The SMILES string of the molecule is CO[C@@H]1OCC(C(C)C)N1C(c1nccn1C)C(C)C. The Morgan fingerprint density at radius 3 is 2.50 bits per heavy atom. The maximum absolute atomic E-state index is 5.82. The number of hydrogen-bond acceptors (Lipinski definition) is 4. The predicted octanol–water partition coefficient (Wildman–Crippen LogP) is 2.40. The normalized spacial score (nSPS) is 25.8. The molecule has 0 radical (unpaired) electrons. The Kier molecular flexibility index (Phi) is 4.83. The van der Waals surface area contributed by atoms with E-state index in [9.17, 15) is 0 Å². The Morgan fingerprint density at radius 1 is 1.35 bits per heavy atom. The summed E-state index contributed by atoms with van der Waals surface area (Å²) in [6.07, 6.45) is 3.56. The van der Waals surface area contributed by atoms with Gasteiger partial charge in [-0.2, -0.15) is 0 Å². The molecule has 0 aromatic carbocycles. The van der Waals surface area contributed by atoms with Crippen LogP contribution in [0.2, 0.25) is 0 Å². The van der Waals surface area contributed by atoms with Crippen molar-refractivity contribution in [3.8, 4) is 0 Å². The molecule has 5 heteroatoms. The molecular formula is C15H27N3O2. The Balaban J connectivity index is 2.38. The molecule has 114 valence electrons. The Bertz CT molecular complexity index is 431. The van der Waals surface area contributed by atoms with Gasteiger partial charge in [-0.25, -0.2) is 9.88 Å². The number of imidazole rings is 1. The number of ether oxygens (including phenoxy) is 2. The zero-order chi connectivity index (χ0) is 14.9. The van der Waals surface area contributed by atoms with E-state index in [1.807, 2.05) is 19.4 Å². The molecule has 1 fully saturated rings. The summed E-state index contributed by atoms with van der Waals surface area (Å²) in [5.74, 6) is 2.01. The van der Waals surface area contributed by atoms with Crippen LogP contribution < -0.4 is 0 Å². The van der Waals surface area contributed by atoms with Crippen molar-refractivity contribution in [1.29, 1.82) is 0 Å². The Hall–Kier alpha value is -0.910. The first-order valence-corrected chi connectivity index (χ1v) is 7.36. The minimum atomic E-state index is -0.286. The molecule has 20 heavy (non-hydrogen) atoms. The van der Waals surface area contributed by atoms with E-state index in [1.165, 1.54) is 0 Å². The molecule has 1 aromatic heterocycles. The summed E-state index contributed by atoms with van der Waals surface area (Å²) in [5, 5.41) is 0. The van der Waals surface area contributed by atoms with Crippen LogP contribution in [0.3, 0.4) is 0 Å². The number of aromatic nitrogens is 2. The number of methoxy groups -OCH3 is 1. The zero-order valence-corrected chi connectivity index (χ0v) is 13.4. The van der Waals surface area contributed by atoms with Crippen molar-refractivity contribution >= 4 is 0 Å². The van der Waals surface area contributed by atoms with E-state index in [0.29, 0.717) is 24.5 Å². The Labute approximate surface area is 121 Å². The highest BCUT2D eigenvalue weighted by atomic mass is 16.7. The predicted molar refractivity (Wildman–Crippen MR) is 78.0 cm³/mol. The van der Waals surface area contributed by atoms with E-state index >= 15 is 0 Å². The first-order chi connectivity index (χ1) is 9.47. The molecule has 0 bridgehead atoms. The minimum Gasteiger partial charge on any atom is -0.343 e.